The Kier molecular flexibility index (Phi) is 5.25. The summed E-state index contributed by atoms with van der Waals surface area (Å²) in [7, 11) is 0. The second-order valence-electron chi connectivity index (χ2n) is 4.96. The molecule has 0 saturated carbocycles. The highest BCUT2D eigenvalue weighted by Crippen LogP contribution is 2.21. The highest BCUT2D eigenvalue weighted by atomic mass is 79.9. The molecule has 1 N–H and O–H groups in total. The molecular weight excluding hydrogens is 328 g/mol. The van der Waals surface area contributed by atoms with Crippen molar-refractivity contribution >= 4 is 33.4 Å². The number of hydrogen-bond donors (Lipinski definition) is 1. The van der Waals surface area contributed by atoms with Gasteiger partial charge >= 0.3 is 0 Å². The molecule has 1 unspecified atom stereocenters. The van der Waals surface area contributed by atoms with Crippen molar-refractivity contribution in [2.75, 3.05) is 13.1 Å². The van der Waals surface area contributed by atoms with E-state index >= 15 is 0 Å². The lowest BCUT2D eigenvalue weighted by Crippen LogP contribution is -2.39. The van der Waals surface area contributed by atoms with E-state index in [1.807, 2.05) is 23.1 Å². The van der Waals surface area contributed by atoms with E-state index in [2.05, 4.69) is 28.2 Å². The van der Waals surface area contributed by atoms with Gasteiger partial charge in [0.25, 0.3) is 0 Å². The minimum absolute atomic E-state index is 0.266. The maximum Gasteiger partial charge on any atom is 0.222 e. The van der Waals surface area contributed by atoms with E-state index in [1.54, 1.807) is 0 Å². The Bertz CT molecular complexity index is 467. The van der Waals surface area contributed by atoms with Crippen LogP contribution in [0, 0.1) is 0 Å². The zero-order chi connectivity index (χ0) is 13.8. The van der Waals surface area contributed by atoms with E-state index in [0.29, 0.717) is 6.42 Å². The summed E-state index contributed by atoms with van der Waals surface area (Å²) in [6, 6.07) is 6.15. The largest absolute Gasteiger partial charge is 0.341 e. The van der Waals surface area contributed by atoms with Crippen LogP contribution in [0.3, 0.4) is 0 Å². The van der Waals surface area contributed by atoms with Gasteiger partial charge in [-0.1, -0.05) is 33.6 Å². The van der Waals surface area contributed by atoms with Crippen molar-refractivity contribution in [3.63, 3.8) is 0 Å². The molecule has 1 aliphatic rings. The van der Waals surface area contributed by atoms with Gasteiger partial charge in [-0.05, 0) is 31.0 Å². The number of rotatable bonds is 5. The van der Waals surface area contributed by atoms with Gasteiger partial charge in [0.15, 0.2) is 0 Å². The number of likely N-dealkylation sites (tertiary alicyclic amines) is 1. The molecular formula is C14H18BrClN2O. The lowest BCUT2D eigenvalue weighted by atomic mass is 10.2. The third kappa shape index (κ3) is 4.20. The zero-order valence-electron chi connectivity index (χ0n) is 11.0. The van der Waals surface area contributed by atoms with Crippen LogP contribution in [0.2, 0.25) is 5.02 Å². The molecule has 5 heteroatoms. The Hall–Kier alpha value is -0.580. The van der Waals surface area contributed by atoms with Crippen LogP contribution in [0.15, 0.2) is 22.7 Å². The van der Waals surface area contributed by atoms with E-state index in [-0.39, 0.29) is 11.9 Å². The molecule has 1 saturated heterocycles. The number of carbonyl (C=O) groups excluding carboxylic acids is 1. The standard InChI is InChI=1S/C14H18BrClN2O/c1-10(9-18-6-2-3-14(18)19)17-8-11-4-5-12(15)7-13(11)16/h4-5,7,10,17H,2-3,6,8-9H2,1H3. The van der Waals surface area contributed by atoms with Crippen LogP contribution in [0.4, 0.5) is 0 Å². The SMILES string of the molecule is CC(CN1CCCC1=O)NCc1ccc(Br)cc1Cl. The van der Waals surface area contributed by atoms with Crippen molar-refractivity contribution in [3.05, 3.63) is 33.3 Å². The maximum atomic E-state index is 11.5. The maximum absolute atomic E-state index is 11.5. The molecule has 0 bridgehead atoms. The predicted molar refractivity (Wildman–Crippen MR) is 81.3 cm³/mol. The third-order valence-corrected chi connectivity index (χ3v) is 4.17. The van der Waals surface area contributed by atoms with Crippen molar-refractivity contribution in [2.45, 2.75) is 32.4 Å². The van der Waals surface area contributed by atoms with Gasteiger partial charge in [-0.25, -0.2) is 0 Å². The summed E-state index contributed by atoms with van der Waals surface area (Å²) in [4.78, 5) is 13.5. The lowest BCUT2D eigenvalue weighted by molar-refractivity contribution is -0.127. The molecule has 1 aromatic carbocycles. The molecule has 2 rings (SSSR count). The predicted octanol–water partition coefficient (Wildman–Crippen LogP) is 3.20. The van der Waals surface area contributed by atoms with Crippen LogP contribution in [-0.2, 0) is 11.3 Å². The molecule has 1 aliphatic heterocycles. The van der Waals surface area contributed by atoms with Gasteiger partial charge in [0.1, 0.15) is 0 Å². The van der Waals surface area contributed by atoms with Crippen LogP contribution < -0.4 is 5.32 Å². The quantitative estimate of drug-likeness (QED) is 0.889. The second kappa shape index (κ2) is 6.73. The number of hydrogen-bond acceptors (Lipinski definition) is 2. The van der Waals surface area contributed by atoms with E-state index in [4.69, 9.17) is 11.6 Å². The Morgan fingerprint density at radius 1 is 1.53 bits per heavy atom. The molecule has 19 heavy (non-hydrogen) atoms. The van der Waals surface area contributed by atoms with Crippen molar-refractivity contribution in [1.29, 1.82) is 0 Å². The summed E-state index contributed by atoms with van der Waals surface area (Å²) in [6.07, 6.45) is 1.69. The van der Waals surface area contributed by atoms with E-state index in [1.165, 1.54) is 0 Å². The minimum atomic E-state index is 0.266. The van der Waals surface area contributed by atoms with Gasteiger partial charge < -0.3 is 10.2 Å². The van der Waals surface area contributed by atoms with Crippen molar-refractivity contribution in [3.8, 4) is 0 Å². The van der Waals surface area contributed by atoms with Crippen LogP contribution in [-0.4, -0.2) is 29.9 Å². The number of nitrogens with zero attached hydrogens (tertiary/aromatic N) is 1. The summed E-state index contributed by atoms with van der Waals surface area (Å²) < 4.78 is 0.983. The van der Waals surface area contributed by atoms with Gasteiger partial charge in [0, 0.05) is 41.6 Å². The minimum Gasteiger partial charge on any atom is -0.341 e. The van der Waals surface area contributed by atoms with Gasteiger partial charge in [-0.15, -0.1) is 0 Å². The van der Waals surface area contributed by atoms with Crippen molar-refractivity contribution < 1.29 is 4.79 Å². The molecule has 1 heterocycles. The van der Waals surface area contributed by atoms with Gasteiger partial charge in [-0.2, -0.15) is 0 Å². The molecule has 0 radical (unpaired) electrons. The fraction of sp³-hybridized carbons (Fsp3) is 0.500. The Labute approximate surface area is 127 Å². The highest BCUT2D eigenvalue weighted by Gasteiger charge is 2.21. The van der Waals surface area contributed by atoms with E-state index < -0.39 is 0 Å². The average molecular weight is 346 g/mol. The zero-order valence-corrected chi connectivity index (χ0v) is 13.3. The summed E-state index contributed by atoms with van der Waals surface area (Å²) >= 11 is 9.56. The lowest BCUT2D eigenvalue weighted by Gasteiger charge is -2.22. The van der Waals surface area contributed by atoms with Crippen molar-refractivity contribution in [1.82, 2.24) is 10.2 Å². The van der Waals surface area contributed by atoms with Crippen LogP contribution in [0.5, 0.6) is 0 Å². The molecule has 104 valence electrons. The Morgan fingerprint density at radius 2 is 2.32 bits per heavy atom. The smallest absolute Gasteiger partial charge is 0.222 e. The number of halogens is 2. The molecule has 0 spiro atoms. The molecule has 1 aromatic rings. The topological polar surface area (TPSA) is 32.3 Å². The summed E-state index contributed by atoms with van der Waals surface area (Å²) in [6.45, 7) is 4.48. The fourth-order valence-electron chi connectivity index (χ4n) is 2.24. The molecule has 3 nitrogen and oxygen atoms in total. The van der Waals surface area contributed by atoms with Crippen LogP contribution >= 0.6 is 27.5 Å². The molecule has 1 amide bonds. The van der Waals surface area contributed by atoms with Gasteiger partial charge in [0.05, 0.1) is 0 Å². The first kappa shape index (κ1) is 14.8. The molecule has 0 aromatic heterocycles. The first-order valence-electron chi connectivity index (χ1n) is 6.51. The molecule has 1 fully saturated rings. The first-order valence-corrected chi connectivity index (χ1v) is 7.68. The average Bonchev–Trinajstić information content (AvgIpc) is 2.74. The Balaban J connectivity index is 1.82. The Morgan fingerprint density at radius 3 is 2.95 bits per heavy atom. The number of carbonyl (C=O) groups is 1. The normalized spacial score (nSPS) is 17.0. The highest BCUT2D eigenvalue weighted by molar-refractivity contribution is 9.10. The monoisotopic (exact) mass is 344 g/mol. The number of benzene rings is 1. The summed E-state index contributed by atoms with van der Waals surface area (Å²) in [5, 5.41) is 4.17. The van der Waals surface area contributed by atoms with Gasteiger partial charge in [0.2, 0.25) is 5.91 Å². The fourth-order valence-corrected chi connectivity index (χ4v) is 2.98. The second-order valence-corrected chi connectivity index (χ2v) is 6.28. The molecule has 0 aliphatic carbocycles. The van der Waals surface area contributed by atoms with Crippen LogP contribution in [0.25, 0.3) is 0 Å². The first-order chi connectivity index (χ1) is 9.06. The third-order valence-electron chi connectivity index (χ3n) is 3.32. The van der Waals surface area contributed by atoms with Crippen LogP contribution in [0.1, 0.15) is 25.3 Å². The molecule has 1 atom stereocenters. The number of nitrogens with one attached hydrogen (secondary N) is 1. The summed E-state index contributed by atoms with van der Waals surface area (Å²) in [5.41, 5.74) is 1.07. The van der Waals surface area contributed by atoms with E-state index in [0.717, 1.165) is 41.1 Å². The number of amides is 1. The summed E-state index contributed by atoms with van der Waals surface area (Å²) in [5.74, 6) is 0.273. The van der Waals surface area contributed by atoms with E-state index in [9.17, 15) is 4.79 Å². The van der Waals surface area contributed by atoms with Crippen molar-refractivity contribution in [2.24, 2.45) is 0 Å². The van der Waals surface area contributed by atoms with Gasteiger partial charge in [-0.3, -0.25) is 4.79 Å².